The topological polar surface area (TPSA) is 94.5 Å². The maximum absolute atomic E-state index is 13.6. The standard InChI is InChI=1S/C32H38N4O3/c1-4-7-15-26(36-28(37)21-31(5-2,6-3)35-30(36)33)22-12-10-13-23(19-22)29(38)34-25-20-32(17-11-18-32)39-27-16-9-8-14-24(25)27/h1,8-10,12-14,16,19,25-26H,5-7,11,15,17-18,20-21H2,2-3H3,(H2,33,35)(H,34,38)/t25-,26?/m0/s1. The summed E-state index contributed by atoms with van der Waals surface area (Å²) in [6.07, 6.45) is 12.3. The number of ether oxygens (including phenoxy) is 1. The Morgan fingerprint density at radius 2 is 2.00 bits per heavy atom. The molecule has 7 nitrogen and oxygen atoms in total. The van der Waals surface area contributed by atoms with Crippen molar-refractivity contribution in [3.8, 4) is 18.1 Å². The molecule has 1 unspecified atom stereocenters. The van der Waals surface area contributed by atoms with Crippen LogP contribution in [0.1, 0.15) is 105 Å². The highest BCUT2D eigenvalue weighted by Gasteiger charge is 2.46. The minimum atomic E-state index is -0.435. The first-order valence-electron chi connectivity index (χ1n) is 14.1. The lowest BCUT2D eigenvalue weighted by Crippen LogP contribution is -2.62. The maximum atomic E-state index is 13.6. The van der Waals surface area contributed by atoms with Gasteiger partial charge < -0.3 is 15.4 Å². The summed E-state index contributed by atoms with van der Waals surface area (Å²) in [5.41, 5.74) is 1.72. The fourth-order valence-corrected chi connectivity index (χ4v) is 6.28. The summed E-state index contributed by atoms with van der Waals surface area (Å²) in [5, 5.41) is 15.3. The van der Waals surface area contributed by atoms with E-state index in [2.05, 4.69) is 16.6 Å². The lowest BCUT2D eigenvalue weighted by molar-refractivity contribution is -0.132. The molecule has 2 atom stereocenters. The van der Waals surface area contributed by atoms with Crippen LogP contribution in [0.2, 0.25) is 0 Å². The Morgan fingerprint density at radius 3 is 2.67 bits per heavy atom. The number of benzene rings is 2. The molecule has 1 saturated carbocycles. The van der Waals surface area contributed by atoms with E-state index in [0.29, 0.717) is 24.8 Å². The predicted octanol–water partition coefficient (Wildman–Crippen LogP) is 5.63. The zero-order valence-corrected chi connectivity index (χ0v) is 22.9. The van der Waals surface area contributed by atoms with Gasteiger partial charge in [-0.3, -0.25) is 19.9 Å². The van der Waals surface area contributed by atoms with Gasteiger partial charge in [-0.2, -0.15) is 0 Å². The Morgan fingerprint density at radius 1 is 1.23 bits per heavy atom. The van der Waals surface area contributed by atoms with Crippen molar-refractivity contribution in [3.63, 3.8) is 0 Å². The molecule has 3 N–H and O–H groups in total. The maximum Gasteiger partial charge on any atom is 0.251 e. The van der Waals surface area contributed by atoms with Gasteiger partial charge in [0.05, 0.1) is 18.5 Å². The van der Waals surface area contributed by atoms with Crippen LogP contribution in [0, 0.1) is 17.8 Å². The molecule has 2 aromatic rings. The molecule has 1 spiro atoms. The van der Waals surface area contributed by atoms with Crippen molar-refractivity contribution < 1.29 is 14.3 Å². The lowest BCUT2D eigenvalue weighted by atomic mass is 9.73. The molecular weight excluding hydrogens is 488 g/mol. The Labute approximate surface area is 231 Å². The Hall–Kier alpha value is -3.79. The van der Waals surface area contributed by atoms with Gasteiger partial charge in [0.2, 0.25) is 5.91 Å². The number of guanidine groups is 1. The molecule has 1 saturated heterocycles. The van der Waals surface area contributed by atoms with E-state index in [-0.39, 0.29) is 29.4 Å². The molecule has 2 aliphatic heterocycles. The van der Waals surface area contributed by atoms with Crippen LogP contribution in [-0.2, 0) is 4.79 Å². The van der Waals surface area contributed by atoms with Crippen LogP contribution in [0.15, 0.2) is 48.5 Å². The predicted molar refractivity (Wildman–Crippen MR) is 151 cm³/mol. The van der Waals surface area contributed by atoms with E-state index in [9.17, 15) is 9.59 Å². The SMILES string of the molecule is C#CCCC(c1cccc(C(=O)N[C@H]2CC3(CCC3)Oc3ccccc32)c1)N1C(=N)NC(CC)(CC)CC1=O. The average molecular weight is 527 g/mol. The highest BCUT2D eigenvalue weighted by Crippen LogP contribution is 2.48. The van der Waals surface area contributed by atoms with Crippen molar-refractivity contribution in [2.75, 3.05) is 0 Å². The van der Waals surface area contributed by atoms with E-state index in [1.807, 2.05) is 56.3 Å². The van der Waals surface area contributed by atoms with E-state index < -0.39 is 11.6 Å². The number of nitrogens with one attached hydrogen (secondary N) is 3. The number of carbonyl (C=O) groups excluding carboxylic acids is 2. The second kappa shape index (κ2) is 10.8. The lowest BCUT2D eigenvalue weighted by Gasteiger charge is -2.48. The molecule has 2 fully saturated rings. The molecule has 3 aliphatic rings. The van der Waals surface area contributed by atoms with Crippen LogP contribution in [0.3, 0.4) is 0 Å². The van der Waals surface area contributed by atoms with E-state index in [1.54, 1.807) is 6.07 Å². The summed E-state index contributed by atoms with van der Waals surface area (Å²) in [6.45, 7) is 4.07. The molecule has 7 heteroatoms. The number of hydrogen-bond acceptors (Lipinski definition) is 4. The zero-order valence-electron chi connectivity index (χ0n) is 22.9. The third kappa shape index (κ3) is 5.13. The van der Waals surface area contributed by atoms with Crippen LogP contribution in [0.4, 0.5) is 0 Å². The monoisotopic (exact) mass is 526 g/mol. The van der Waals surface area contributed by atoms with Crippen molar-refractivity contribution >= 4 is 17.8 Å². The van der Waals surface area contributed by atoms with Gasteiger partial charge in [0.15, 0.2) is 5.96 Å². The van der Waals surface area contributed by atoms with Crippen molar-refractivity contribution in [1.29, 1.82) is 5.41 Å². The Balaban J connectivity index is 1.39. The molecule has 5 rings (SSSR count). The van der Waals surface area contributed by atoms with Crippen molar-refractivity contribution in [3.05, 3.63) is 65.2 Å². The molecule has 204 valence electrons. The number of terminal acetylenes is 1. The first-order chi connectivity index (χ1) is 18.8. The summed E-state index contributed by atoms with van der Waals surface area (Å²) in [6, 6.07) is 14.7. The summed E-state index contributed by atoms with van der Waals surface area (Å²) in [7, 11) is 0. The highest BCUT2D eigenvalue weighted by molar-refractivity contribution is 6.00. The average Bonchev–Trinajstić information content (AvgIpc) is 2.93. The third-order valence-electron chi connectivity index (χ3n) is 8.91. The van der Waals surface area contributed by atoms with E-state index in [1.165, 1.54) is 4.90 Å². The number of hydrogen-bond donors (Lipinski definition) is 3. The minimum Gasteiger partial charge on any atom is -0.487 e. The van der Waals surface area contributed by atoms with Gasteiger partial charge in [0, 0.05) is 29.5 Å². The van der Waals surface area contributed by atoms with Gasteiger partial charge in [0.1, 0.15) is 11.4 Å². The fraction of sp³-hybridized carbons (Fsp3) is 0.469. The molecule has 39 heavy (non-hydrogen) atoms. The first kappa shape index (κ1) is 26.8. The van der Waals surface area contributed by atoms with Gasteiger partial charge in [-0.25, -0.2) is 0 Å². The largest absolute Gasteiger partial charge is 0.487 e. The summed E-state index contributed by atoms with van der Waals surface area (Å²) >= 11 is 0. The van der Waals surface area contributed by atoms with E-state index in [4.69, 9.17) is 16.6 Å². The molecule has 0 aromatic heterocycles. The van der Waals surface area contributed by atoms with Crippen LogP contribution in [-0.4, -0.2) is 33.8 Å². The number of para-hydroxylation sites is 1. The Kier molecular flexibility index (Phi) is 7.40. The molecular formula is C32H38N4O3. The fourth-order valence-electron chi connectivity index (χ4n) is 6.28. The van der Waals surface area contributed by atoms with Crippen LogP contribution < -0.4 is 15.4 Å². The number of amides is 2. The molecule has 2 amide bonds. The van der Waals surface area contributed by atoms with Crippen LogP contribution in [0.25, 0.3) is 0 Å². The summed E-state index contributed by atoms with van der Waals surface area (Å²) < 4.78 is 6.35. The third-order valence-corrected chi connectivity index (χ3v) is 8.91. The molecule has 2 heterocycles. The number of fused-ring (bicyclic) bond motifs is 1. The van der Waals surface area contributed by atoms with Crippen LogP contribution >= 0.6 is 0 Å². The quantitative estimate of drug-likeness (QED) is 0.389. The molecule has 1 aliphatic carbocycles. The van der Waals surface area contributed by atoms with Crippen molar-refractivity contribution in [2.45, 2.75) is 94.9 Å². The summed E-state index contributed by atoms with van der Waals surface area (Å²) in [4.78, 5) is 28.5. The normalized spacial score (nSPS) is 21.6. The van der Waals surface area contributed by atoms with E-state index in [0.717, 1.165) is 55.4 Å². The molecule has 2 aromatic carbocycles. The van der Waals surface area contributed by atoms with Crippen molar-refractivity contribution in [1.82, 2.24) is 15.5 Å². The van der Waals surface area contributed by atoms with Gasteiger partial charge in [0.25, 0.3) is 5.91 Å². The smallest absolute Gasteiger partial charge is 0.251 e. The van der Waals surface area contributed by atoms with E-state index >= 15 is 0 Å². The number of nitrogens with zero attached hydrogens (tertiary/aromatic N) is 1. The minimum absolute atomic E-state index is 0.0936. The molecule has 0 bridgehead atoms. The number of rotatable bonds is 8. The second-order valence-electron chi connectivity index (χ2n) is 11.2. The highest BCUT2D eigenvalue weighted by atomic mass is 16.5. The second-order valence-corrected chi connectivity index (χ2v) is 11.2. The van der Waals surface area contributed by atoms with Gasteiger partial charge >= 0.3 is 0 Å². The zero-order chi connectivity index (χ0) is 27.6. The summed E-state index contributed by atoms with van der Waals surface area (Å²) in [5.74, 6) is 3.36. The number of carbonyl (C=O) groups is 2. The Bertz CT molecular complexity index is 1280. The van der Waals surface area contributed by atoms with Gasteiger partial charge in [-0.1, -0.05) is 44.2 Å². The van der Waals surface area contributed by atoms with Crippen molar-refractivity contribution in [2.24, 2.45) is 0 Å². The first-order valence-corrected chi connectivity index (χ1v) is 14.1. The van der Waals surface area contributed by atoms with Gasteiger partial charge in [-0.15, -0.1) is 12.3 Å². The molecule has 0 radical (unpaired) electrons. The van der Waals surface area contributed by atoms with Gasteiger partial charge in [-0.05, 0) is 62.3 Å². The van der Waals surface area contributed by atoms with Crippen LogP contribution in [0.5, 0.6) is 5.75 Å².